The van der Waals surface area contributed by atoms with Gasteiger partial charge in [0.1, 0.15) is 0 Å². The van der Waals surface area contributed by atoms with Gasteiger partial charge in [-0.05, 0) is 0 Å². The first-order chi connectivity index (χ1) is 4.86. The topological polar surface area (TPSA) is 0 Å². The molecule has 1 aliphatic heterocycles. The number of hydrogen-bond donors (Lipinski definition) is 0. The Morgan fingerprint density at radius 1 is 1.60 bits per heavy atom. The molecule has 54 valence electrons. The first-order valence-electron chi connectivity index (χ1n) is 3.24. The summed E-state index contributed by atoms with van der Waals surface area (Å²) in [6, 6.07) is 0. The second kappa shape index (κ2) is 2.98. The maximum absolute atomic E-state index is 2.42. The molecule has 1 aromatic rings. The quantitative estimate of drug-likeness (QED) is 0.500. The molecule has 1 atom stereocenters. The summed E-state index contributed by atoms with van der Waals surface area (Å²) in [7, 11) is 3.98. The molecule has 2 rings (SSSR count). The Morgan fingerprint density at radius 3 is 3.40 bits per heavy atom. The van der Waals surface area contributed by atoms with E-state index in [9.17, 15) is 0 Å². The van der Waals surface area contributed by atoms with Crippen molar-refractivity contribution in [1.82, 2.24) is 0 Å². The Labute approximate surface area is 74.9 Å². The predicted molar refractivity (Wildman–Crippen MR) is 50.0 cm³/mol. The van der Waals surface area contributed by atoms with Gasteiger partial charge in [0, 0.05) is 0 Å². The summed E-state index contributed by atoms with van der Waals surface area (Å²) in [5.74, 6) is 0. The van der Waals surface area contributed by atoms with Crippen LogP contribution in [0.3, 0.4) is 0 Å². The first-order valence-corrected chi connectivity index (χ1v) is 7.44. The number of fused-ring (bicyclic) bond motifs is 1. The molecule has 0 aromatic carbocycles. The van der Waals surface area contributed by atoms with Crippen molar-refractivity contribution in [3.63, 3.8) is 0 Å². The Hall–Kier alpha value is 0.699. The summed E-state index contributed by atoms with van der Waals surface area (Å²) in [6.45, 7) is 2.31. The van der Waals surface area contributed by atoms with E-state index in [0.717, 1.165) is 5.25 Å². The number of rotatable bonds is 0. The van der Waals surface area contributed by atoms with Crippen LogP contribution in [0.1, 0.15) is 12.5 Å². The summed E-state index contributed by atoms with van der Waals surface area (Å²) >= 11 is 0.683. The summed E-state index contributed by atoms with van der Waals surface area (Å²) in [5, 5.41) is 0.822. The molecule has 0 nitrogen and oxygen atoms in total. The molecule has 0 saturated heterocycles. The van der Waals surface area contributed by atoms with Crippen LogP contribution >= 0.6 is 21.6 Å². The molecule has 0 fully saturated rings. The van der Waals surface area contributed by atoms with Crippen LogP contribution in [0.25, 0.3) is 0 Å². The van der Waals surface area contributed by atoms with Crippen molar-refractivity contribution in [1.29, 1.82) is 0 Å². The molecule has 2 heterocycles. The molecule has 0 N–H and O–H groups in total. The molecule has 1 aliphatic rings. The van der Waals surface area contributed by atoms with Crippen LogP contribution in [-0.2, 0) is 6.42 Å². The van der Waals surface area contributed by atoms with Gasteiger partial charge in [0.2, 0.25) is 0 Å². The van der Waals surface area contributed by atoms with Gasteiger partial charge in [-0.3, -0.25) is 0 Å². The van der Waals surface area contributed by atoms with Crippen LogP contribution < -0.4 is 0 Å². The van der Waals surface area contributed by atoms with Gasteiger partial charge in [-0.25, -0.2) is 0 Å². The zero-order valence-electron chi connectivity index (χ0n) is 5.66. The third kappa shape index (κ3) is 1.33. The second-order valence-corrected chi connectivity index (χ2v) is 6.70. The third-order valence-electron chi connectivity index (χ3n) is 1.51. The molecule has 1 unspecified atom stereocenters. The predicted octanol–water partition coefficient (Wildman–Crippen LogP) is 2.43. The SMILES string of the molecule is CC1Cc2c[se]cc2SS1. The third-order valence-corrected chi connectivity index (χ3v) is 6.47. The van der Waals surface area contributed by atoms with Crippen molar-refractivity contribution in [2.45, 2.75) is 23.5 Å². The summed E-state index contributed by atoms with van der Waals surface area (Å²) in [5.41, 5.74) is 1.62. The molecule has 0 radical (unpaired) electrons. The molecule has 0 spiro atoms. The van der Waals surface area contributed by atoms with E-state index in [1.54, 1.807) is 10.5 Å². The van der Waals surface area contributed by atoms with Crippen molar-refractivity contribution >= 4 is 36.1 Å². The van der Waals surface area contributed by atoms with Crippen LogP contribution in [0.5, 0.6) is 0 Å². The standard InChI is InChI=1S/C7H8S2Se/c1-5-2-6-3-10-4-7(6)9-8-5/h3-5H,2H2,1H3. The normalized spacial score (nSPS) is 24.3. The fourth-order valence-electron chi connectivity index (χ4n) is 1.01. The minimum absolute atomic E-state index is 0.683. The van der Waals surface area contributed by atoms with Gasteiger partial charge in [-0.1, -0.05) is 0 Å². The Bertz CT molecular complexity index is 231. The van der Waals surface area contributed by atoms with Crippen molar-refractivity contribution in [3.05, 3.63) is 15.4 Å². The Morgan fingerprint density at radius 2 is 2.50 bits per heavy atom. The van der Waals surface area contributed by atoms with Crippen molar-refractivity contribution in [3.8, 4) is 0 Å². The van der Waals surface area contributed by atoms with E-state index in [2.05, 4.69) is 16.8 Å². The van der Waals surface area contributed by atoms with Gasteiger partial charge in [0.05, 0.1) is 0 Å². The molecule has 0 aliphatic carbocycles. The average Bonchev–Trinajstić information content (AvgIpc) is 2.33. The van der Waals surface area contributed by atoms with E-state index in [1.807, 2.05) is 21.6 Å². The van der Waals surface area contributed by atoms with Crippen molar-refractivity contribution in [2.24, 2.45) is 0 Å². The molecule has 10 heavy (non-hydrogen) atoms. The van der Waals surface area contributed by atoms with Crippen molar-refractivity contribution < 1.29 is 0 Å². The molecular weight excluding hydrogens is 227 g/mol. The van der Waals surface area contributed by atoms with Crippen LogP contribution in [0, 0.1) is 0 Å². The fourth-order valence-corrected chi connectivity index (χ4v) is 5.99. The van der Waals surface area contributed by atoms with Crippen LogP contribution in [0.4, 0.5) is 0 Å². The number of hydrogen-bond acceptors (Lipinski definition) is 2. The molecule has 0 bridgehead atoms. The van der Waals surface area contributed by atoms with Crippen LogP contribution in [0.15, 0.2) is 14.8 Å². The Balaban J connectivity index is 2.30. The van der Waals surface area contributed by atoms with Gasteiger partial charge in [-0.15, -0.1) is 0 Å². The van der Waals surface area contributed by atoms with E-state index in [-0.39, 0.29) is 0 Å². The van der Waals surface area contributed by atoms with E-state index >= 15 is 0 Å². The van der Waals surface area contributed by atoms with Crippen molar-refractivity contribution in [2.75, 3.05) is 0 Å². The van der Waals surface area contributed by atoms with E-state index in [4.69, 9.17) is 0 Å². The zero-order valence-corrected chi connectivity index (χ0v) is 9.01. The second-order valence-electron chi connectivity index (χ2n) is 2.46. The van der Waals surface area contributed by atoms with Crippen LogP contribution in [-0.4, -0.2) is 19.8 Å². The first kappa shape index (κ1) is 7.35. The summed E-state index contributed by atoms with van der Waals surface area (Å²) in [6.07, 6.45) is 1.30. The van der Waals surface area contributed by atoms with E-state index < -0.39 is 0 Å². The minimum atomic E-state index is 0.683. The molecule has 0 saturated carbocycles. The Kier molecular flexibility index (Phi) is 2.19. The van der Waals surface area contributed by atoms with Gasteiger partial charge >= 0.3 is 75.0 Å². The maximum atomic E-state index is 2.42. The van der Waals surface area contributed by atoms with E-state index in [0.29, 0.717) is 14.5 Å². The van der Waals surface area contributed by atoms with Gasteiger partial charge in [0.15, 0.2) is 0 Å². The summed E-state index contributed by atoms with van der Waals surface area (Å²) < 4.78 is 0. The summed E-state index contributed by atoms with van der Waals surface area (Å²) in [4.78, 5) is 6.38. The van der Waals surface area contributed by atoms with Gasteiger partial charge in [-0.2, -0.15) is 0 Å². The van der Waals surface area contributed by atoms with Gasteiger partial charge < -0.3 is 0 Å². The average molecular weight is 235 g/mol. The fraction of sp³-hybridized carbons (Fsp3) is 0.429. The van der Waals surface area contributed by atoms with Gasteiger partial charge in [0.25, 0.3) is 0 Å². The van der Waals surface area contributed by atoms with E-state index in [1.165, 1.54) is 6.42 Å². The van der Waals surface area contributed by atoms with Crippen LogP contribution in [0.2, 0.25) is 0 Å². The molecule has 1 aromatic heterocycles. The monoisotopic (exact) mass is 236 g/mol. The molecular formula is C7H8S2Se. The molecule has 3 heteroatoms. The molecule has 0 amide bonds. The zero-order chi connectivity index (χ0) is 6.97.